The van der Waals surface area contributed by atoms with Gasteiger partial charge in [0.25, 0.3) is 0 Å². The van der Waals surface area contributed by atoms with Crippen LogP contribution in [0.3, 0.4) is 0 Å². The van der Waals surface area contributed by atoms with Gasteiger partial charge in [0.2, 0.25) is 5.91 Å². The molecule has 2 fully saturated rings. The molecule has 0 radical (unpaired) electrons. The van der Waals surface area contributed by atoms with Crippen LogP contribution >= 0.6 is 0 Å². The first-order chi connectivity index (χ1) is 10.3. The Morgan fingerprint density at radius 3 is 3.05 bits per heavy atom. The van der Waals surface area contributed by atoms with Gasteiger partial charge in [-0.2, -0.15) is 0 Å². The minimum absolute atomic E-state index is 0.171. The number of carbonyl (C=O) groups is 1. The zero-order valence-electron chi connectivity index (χ0n) is 12.6. The topological polar surface area (TPSA) is 46.3 Å². The summed E-state index contributed by atoms with van der Waals surface area (Å²) in [6, 6.07) is 8.99. The molecule has 4 rings (SSSR count). The van der Waals surface area contributed by atoms with E-state index in [4.69, 9.17) is 5.73 Å². The summed E-state index contributed by atoms with van der Waals surface area (Å²) in [6.45, 7) is 1.52. The third-order valence-electron chi connectivity index (χ3n) is 5.95. The first-order valence-corrected chi connectivity index (χ1v) is 8.35. The highest BCUT2D eigenvalue weighted by atomic mass is 16.2. The van der Waals surface area contributed by atoms with Gasteiger partial charge in [0, 0.05) is 30.5 Å². The van der Waals surface area contributed by atoms with Gasteiger partial charge in [0.15, 0.2) is 0 Å². The Morgan fingerprint density at radius 2 is 2.19 bits per heavy atom. The van der Waals surface area contributed by atoms with Crippen molar-refractivity contribution in [3.8, 4) is 0 Å². The molecular weight excluding hydrogens is 260 g/mol. The zero-order valence-corrected chi connectivity index (χ0v) is 12.6. The lowest BCUT2D eigenvalue weighted by molar-refractivity contribution is -0.136. The van der Waals surface area contributed by atoms with Crippen molar-refractivity contribution >= 4 is 5.91 Å². The number of nitrogens with zero attached hydrogens (tertiary/aromatic N) is 1. The van der Waals surface area contributed by atoms with E-state index in [1.165, 1.54) is 17.5 Å². The molecule has 1 heterocycles. The lowest BCUT2D eigenvalue weighted by Crippen LogP contribution is -2.48. The SMILES string of the molecule is NCC1CCCCN1C(=O)C1CC12CCc1ccccc12. The lowest BCUT2D eigenvalue weighted by atomic mass is 9.94. The van der Waals surface area contributed by atoms with Crippen molar-refractivity contribution in [2.75, 3.05) is 13.1 Å². The van der Waals surface area contributed by atoms with Crippen LogP contribution < -0.4 is 5.73 Å². The molecule has 1 saturated heterocycles. The molecular formula is C18H24N2O. The van der Waals surface area contributed by atoms with E-state index < -0.39 is 0 Å². The average Bonchev–Trinajstić information content (AvgIpc) is 3.16. The van der Waals surface area contributed by atoms with Gasteiger partial charge < -0.3 is 10.6 Å². The number of carbonyl (C=O) groups excluding carboxylic acids is 1. The molecule has 3 aliphatic rings. The highest BCUT2D eigenvalue weighted by molar-refractivity contribution is 5.85. The number of fused-ring (bicyclic) bond motifs is 2. The second-order valence-corrected chi connectivity index (χ2v) is 6.99. The van der Waals surface area contributed by atoms with E-state index in [9.17, 15) is 4.79 Å². The molecule has 21 heavy (non-hydrogen) atoms. The maximum absolute atomic E-state index is 13.0. The molecule has 1 amide bonds. The van der Waals surface area contributed by atoms with Crippen molar-refractivity contribution in [1.29, 1.82) is 0 Å². The molecule has 112 valence electrons. The fraction of sp³-hybridized carbons (Fsp3) is 0.611. The molecule has 1 saturated carbocycles. The largest absolute Gasteiger partial charge is 0.338 e. The Kier molecular flexibility index (Phi) is 3.07. The first-order valence-electron chi connectivity index (χ1n) is 8.35. The monoisotopic (exact) mass is 284 g/mol. The normalized spacial score (nSPS) is 34.0. The molecule has 0 bridgehead atoms. The molecule has 1 aliphatic heterocycles. The number of aryl methyl sites for hydroxylation is 1. The number of nitrogens with two attached hydrogens (primary N) is 1. The van der Waals surface area contributed by atoms with Crippen LogP contribution in [0.15, 0.2) is 24.3 Å². The maximum Gasteiger partial charge on any atom is 0.226 e. The molecule has 3 heteroatoms. The third-order valence-corrected chi connectivity index (χ3v) is 5.95. The molecule has 0 aromatic heterocycles. The van der Waals surface area contributed by atoms with Crippen molar-refractivity contribution in [3.05, 3.63) is 35.4 Å². The van der Waals surface area contributed by atoms with Gasteiger partial charge in [-0.05, 0) is 49.7 Å². The van der Waals surface area contributed by atoms with E-state index in [1.54, 1.807) is 0 Å². The van der Waals surface area contributed by atoms with E-state index in [0.717, 1.165) is 38.6 Å². The van der Waals surface area contributed by atoms with Crippen LogP contribution in [0.5, 0.6) is 0 Å². The summed E-state index contributed by atoms with van der Waals surface area (Å²) in [4.78, 5) is 15.1. The quantitative estimate of drug-likeness (QED) is 0.905. The second kappa shape index (κ2) is 4.84. The van der Waals surface area contributed by atoms with Crippen molar-refractivity contribution in [2.24, 2.45) is 11.7 Å². The fourth-order valence-corrected chi connectivity index (χ4v) is 4.66. The fourth-order valence-electron chi connectivity index (χ4n) is 4.66. The number of rotatable bonds is 2. The Bertz CT molecular complexity index is 570. The van der Waals surface area contributed by atoms with Gasteiger partial charge >= 0.3 is 0 Å². The van der Waals surface area contributed by atoms with E-state index in [2.05, 4.69) is 29.2 Å². The number of hydrogen-bond acceptors (Lipinski definition) is 2. The van der Waals surface area contributed by atoms with Gasteiger partial charge in [-0.3, -0.25) is 4.79 Å². The summed E-state index contributed by atoms with van der Waals surface area (Å²) in [5.74, 6) is 0.593. The summed E-state index contributed by atoms with van der Waals surface area (Å²) in [5.41, 5.74) is 8.96. The third kappa shape index (κ3) is 1.94. The van der Waals surface area contributed by atoms with Crippen LogP contribution in [-0.2, 0) is 16.6 Å². The number of benzene rings is 1. The van der Waals surface area contributed by atoms with Gasteiger partial charge in [-0.15, -0.1) is 0 Å². The van der Waals surface area contributed by atoms with Crippen LogP contribution in [0.4, 0.5) is 0 Å². The molecule has 1 aromatic rings. The average molecular weight is 284 g/mol. The van der Waals surface area contributed by atoms with Crippen molar-refractivity contribution in [1.82, 2.24) is 4.90 Å². The summed E-state index contributed by atoms with van der Waals surface area (Å²) in [7, 11) is 0. The van der Waals surface area contributed by atoms with Crippen LogP contribution in [0.25, 0.3) is 0 Å². The van der Waals surface area contributed by atoms with E-state index in [-0.39, 0.29) is 17.4 Å². The van der Waals surface area contributed by atoms with Gasteiger partial charge in [0.1, 0.15) is 0 Å². The zero-order chi connectivity index (χ0) is 14.4. The molecule has 3 atom stereocenters. The standard InChI is InChI=1S/C18H24N2O/c19-12-14-6-3-4-10-20(14)17(21)16-11-18(16)9-8-13-5-1-2-7-15(13)18/h1-2,5,7,14,16H,3-4,6,8-12,19H2. The van der Waals surface area contributed by atoms with Gasteiger partial charge in [-0.1, -0.05) is 24.3 Å². The Morgan fingerprint density at radius 1 is 1.33 bits per heavy atom. The van der Waals surface area contributed by atoms with Crippen molar-refractivity contribution in [2.45, 2.75) is 50.0 Å². The molecule has 3 unspecified atom stereocenters. The minimum atomic E-state index is 0.171. The second-order valence-electron chi connectivity index (χ2n) is 6.99. The summed E-state index contributed by atoms with van der Waals surface area (Å²) in [5, 5.41) is 0. The predicted octanol–water partition coefficient (Wildman–Crippen LogP) is 2.23. The maximum atomic E-state index is 13.0. The Balaban J connectivity index is 1.56. The van der Waals surface area contributed by atoms with Crippen LogP contribution in [0.2, 0.25) is 0 Å². The van der Waals surface area contributed by atoms with E-state index >= 15 is 0 Å². The Labute approximate surface area is 126 Å². The van der Waals surface area contributed by atoms with E-state index in [0.29, 0.717) is 12.5 Å². The molecule has 3 nitrogen and oxygen atoms in total. The van der Waals surface area contributed by atoms with Crippen molar-refractivity contribution in [3.63, 3.8) is 0 Å². The molecule has 1 spiro atoms. The number of likely N-dealkylation sites (tertiary alicyclic amines) is 1. The lowest BCUT2D eigenvalue weighted by Gasteiger charge is -2.35. The molecule has 2 N–H and O–H groups in total. The smallest absolute Gasteiger partial charge is 0.226 e. The van der Waals surface area contributed by atoms with E-state index in [1.807, 2.05) is 0 Å². The minimum Gasteiger partial charge on any atom is -0.338 e. The summed E-state index contributed by atoms with van der Waals surface area (Å²) < 4.78 is 0. The first kappa shape index (κ1) is 13.3. The molecule has 1 aromatic carbocycles. The highest BCUT2D eigenvalue weighted by Gasteiger charge is 2.62. The number of hydrogen-bond donors (Lipinski definition) is 1. The van der Waals surface area contributed by atoms with Crippen LogP contribution in [0, 0.1) is 5.92 Å². The van der Waals surface area contributed by atoms with Crippen LogP contribution in [0.1, 0.15) is 43.2 Å². The predicted molar refractivity (Wildman–Crippen MR) is 83.0 cm³/mol. The van der Waals surface area contributed by atoms with Gasteiger partial charge in [-0.25, -0.2) is 0 Å². The van der Waals surface area contributed by atoms with Crippen LogP contribution in [-0.4, -0.2) is 29.9 Å². The van der Waals surface area contributed by atoms with Crippen molar-refractivity contribution < 1.29 is 4.79 Å². The Hall–Kier alpha value is -1.35. The number of amides is 1. The molecule has 2 aliphatic carbocycles. The summed E-state index contributed by atoms with van der Waals surface area (Å²) in [6.07, 6.45) is 6.78. The van der Waals surface area contributed by atoms with Gasteiger partial charge in [0.05, 0.1) is 0 Å². The summed E-state index contributed by atoms with van der Waals surface area (Å²) >= 11 is 0. The number of piperidine rings is 1. The highest BCUT2D eigenvalue weighted by Crippen LogP contribution is 2.62.